The zero-order chi connectivity index (χ0) is 17.4. The molecular formula is C16H20N2O5. The average Bonchev–Trinajstić information content (AvgIpc) is 2.51. The largest absolute Gasteiger partial charge is 0.493 e. The van der Waals surface area contributed by atoms with Gasteiger partial charge >= 0.3 is 5.97 Å². The van der Waals surface area contributed by atoms with E-state index in [1.807, 2.05) is 19.9 Å². The number of aliphatic carboxylic acids is 1. The molecule has 23 heavy (non-hydrogen) atoms. The third-order valence-corrected chi connectivity index (χ3v) is 2.99. The summed E-state index contributed by atoms with van der Waals surface area (Å²) in [4.78, 5) is 23.0. The number of amides is 1. The van der Waals surface area contributed by atoms with E-state index in [2.05, 4.69) is 5.32 Å². The van der Waals surface area contributed by atoms with Crippen molar-refractivity contribution in [2.24, 2.45) is 5.92 Å². The summed E-state index contributed by atoms with van der Waals surface area (Å²) in [5.74, 6) is -0.852. The first-order valence-electron chi connectivity index (χ1n) is 7.10. The van der Waals surface area contributed by atoms with Gasteiger partial charge in [0, 0.05) is 6.07 Å². The number of carbonyl (C=O) groups excluding carboxylic acids is 1. The average molecular weight is 320 g/mol. The van der Waals surface area contributed by atoms with Crippen LogP contribution in [0.15, 0.2) is 18.2 Å². The number of carboxylic acids is 1. The summed E-state index contributed by atoms with van der Waals surface area (Å²) in [5.41, 5.74) is 0.404. The van der Waals surface area contributed by atoms with Gasteiger partial charge in [0.25, 0.3) is 5.91 Å². The van der Waals surface area contributed by atoms with Crippen LogP contribution in [0.1, 0.15) is 25.8 Å². The quantitative estimate of drug-likeness (QED) is 0.752. The van der Waals surface area contributed by atoms with Crippen LogP contribution in [0.3, 0.4) is 0 Å². The van der Waals surface area contributed by atoms with E-state index in [1.165, 1.54) is 25.3 Å². The Morgan fingerprint density at radius 3 is 2.57 bits per heavy atom. The molecule has 0 radical (unpaired) electrons. The van der Waals surface area contributed by atoms with Crippen LogP contribution in [0.4, 0.5) is 0 Å². The van der Waals surface area contributed by atoms with E-state index in [1.54, 1.807) is 0 Å². The first kappa shape index (κ1) is 18.3. The van der Waals surface area contributed by atoms with E-state index in [-0.39, 0.29) is 12.5 Å². The molecule has 0 bridgehead atoms. The summed E-state index contributed by atoms with van der Waals surface area (Å²) in [6.07, 6.45) is 0.335. The van der Waals surface area contributed by atoms with Gasteiger partial charge in [-0.3, -0.25) is 4.79 Å². The van der Waals surface area contributed by atoms with Gasteiger partial charge < -0.3 is 19.9 Å². The van der Waals surface area contributed by atoms with Gasteiger partial charge in [-0.2, -0.15) is 5.26 Å². The van der Waals surface area contributed by atoms with Crippen LogP contribution in [-0.4, -0.2) is 36.7 Å². The molecule has 0 aliphatic heterocycles. The predicted octanol–water partition coefficient (Wildman–Crippen LogP) is 1.56. The molecule has 0 unspecified atom stereocenters. The molecule has 0 aromatic heterocycles. The van der Waals surface area contributed by atoms with Crippen LogP contribution in [0.2, 0.25) is 0 Å². The lowest BCUT2D eigenvalue weighted by molar-refractivity contribution is -0.142. The third kappa shape index (κ3) is 5.87. The fourth-order valence-electron chi connectivity index (χ4n) is 1.93. The minimum Gasteiger partial charge on any atom is -0.493 e. The van der Waals surface area contributed by atoms with Crippen LogP contribution < -0.4 is 14.8 Å². The summed E-state index contributed by atoms with van der Waals surface area (Å²) in [6.45, 7) is 3.41. The zero-order valence-electron chi connectivity index (χ0n) is 13.3. The number of nitrogens with one attached hydrogen (secondary N) is 1. The minimum atomic E-state index is -1.08. The second-order valence-electron chi connectivity index (χ2n) is 5.35. The number of ether oxygens (including phenoxy) is 2. The molecule has 0 spiro atoms. The maximum atomic E-state index is 11.8. The Morgan fingerprint density at radius 2 is 2.04 bits per heavy atom. The second kappa shape index (κ2) is 8.63. The van der Waals surface area contributed by atoms with Crippen molar-refractivity contribution >= 4 is 11.9 Å². The Bertz CT molecular complexity index is 607. The van der Waals surface area contributed by atoms with Gasteiger partial charge in [-0.25, -0.2) is 4.79 Å². The van der Waals surface area contributed by atoms with Crippen molar-refractivity contribution in [3.05, 3.63) is 23.8 Å². The summed E-state index contributed by atoms with van der Waals surface area (Å²) >= 11 is 0. The molecule has 1 aromatic rings. The number of hydrogen-bond acceptors (Lipinski definition) is 5. The van der Waals surface area contributed by atoms with E-state index >= 15 is 0 Å². The number of nitriles is 1. The Labute approximate surface area is 134 Å². The first-order chi connectivity index (χ1) is 10.9. The van der Waals surface area contributed by atoms with Gasteiger partial charge in [0.15, 0.2) is 18.1 Å². The summed E-state index contributed by atoms with van der Waals surface area (Å²) in [5, 5.41) is 20.3. The van der Waals surface area contributed by atoms with Gasteiger partial charge in [-0.1, -0.05) is 13.8 Å². The number of hydrogen-bond donors (Lipinski definition) is 2. The number of carbonyl (C=O) groups is 2. The molecule has 0 aliphatic carbocycles. The number of methoxy groups -OCH3 is 1. The highest BCUT2D eigenvalue weighted by atomic mass is 16.5. The van der Waals surface area contributed by atoms with Gasteiger partial charge in [-0.05, 0) is 24.5 Å². The van der Waals surface area contributed by atoms with Crippen molar-refractivity contribution in [3.8, 4) is 17.6 Å². The van der Waals surface area contributed by atoms with Gasteiger partial charge in [0.1, 0.15) is 6.04 Å². The lowest BCUT2D eigenvalue weighted by atomic mass is 10.0. The first-order valence-corrected chi connectivity index (χ1v) is 7.10. The van der Waals surface area contributed by atoms with Crippen molar-refractivity contribution in [1.29, 1.82) is 5.26 Å². The van der Waals surface area contributed by atoms with Gasteiger partial charge in [0.05, 0.1) is 18.7 Å². The Balaban J connectivity index is 2.65. The molecule has 1 atom stereocenters. The van der Waals surface area contributed by atoms with Gasteiger partial charge in [-0.15, -0.1) is 0 Å². The number of nitrogens with zero attached hydrogens (tertiary/aromatic N) is 1. The van der Waals surface area contributed by atoms with Crippen LogP contribution >= 0.6 is 0 Å². The van der Waals surface area contributed by atoms with Crippen LogP contribution in [0, 0.1) is 17.2 Å². The van der Waals surface area contributed by atoms with E-state index < -0.39 is 17.9 Å². The number of benzene rings is 1. The molecule has 1 amide bonds. The Hall–Kier alpha value is -2.75. The highest BCUT2D eigenvalue weighted by Crippen LogP contribution is 2.27. The normalized spacial score (nSPS) is 11.4. The predicted molar refractivity (Wildman–Crippen MR) is 82.2 cm³/mol. The lowest BCUT2D eigenvalue weighted by Gasteiger charge is -2.17. The second-order valence-corrected chi connectivity index (χ2v) is 5.35. The van der Waals surface area contributed by atoms with Crippen molar-refractivity contribution in [2.75, 3.05) is 13.7 Å². The van der Waals surface area contributed by atoms with Crippen LogP contribution in [0.25, 0.3) is 0 Å². The molecular weight excluding hydrogens is 300 g/mol. The lowest BCUT2D eigenvalue weighted by Crippen LogP contribution is -2.43. The van der Waals surface area contributed by atoms with E-state index in [0.717, 1.165) is 0 Å². The SMILES string of the molecule is COc1cc(C#N)ccc1OCC(=O)N[C@H](CC(C)C)C(=O)O. The fourth-order valence-corrected chi connectivity index (χ4v) is 1.93. The topological polar surface area (TPSA) is 109 Å². The molecule has 7 heteroatoms. The molecule has 0 fully saturated rings. The third-order valence-electron chi connectivity index (χ3n) is 2.99. The summed E-state index contributed by atoms with van der Waals surface area (Å²) < 4.78 is 10.4. The minimum absolute atomic E-state index is 0.135. The summed E-state index contributed by atoms with van der Waals surface area (Å²) in [6, 6.07) is 5.57. The molecule has 2 N–H and O–H groups in total. The van der Waals surface area contributed by atoms with E-state index in [0.29, 0.717) is 23.5 Å². The molecule has 124 valence electrons. The number of carboxylic acid groups (broad SMARTS) is 1. The highest BCUT2D eigenvalue weighted by molar-refractivity contribution is 5.84. The number of rotatable bonds is 8. The van der Waals surface area contributed by atoms with Crippen molar-refractivity contribution in [2.45, 2.75) is 26.3 Å². The Kier molecular flexibility index (Phi) is 6.87. The molecule has 0 saturated carbocycles. The monoisotopic (exact) mass is 320 g/mol. The smallest absolute Gasteiger partial charge is 0.326 e. The van der Waals surface area contributed by atoms with Gasteiger partial charge in [0.2, 0.25) is 0 Å². The van der Waals surface area contributed by atoms with E-state index in [9.17, 15) is 9.59 Å². The van der Waals surface area contributed by atoms with Crippen LogP contribution in [-0.2, 0) is 9.59 Å². The molecule has 1 aromatic carbocycles. The summed E-state index contributed by atoms with van der Waals surface area (Å²) in [7, 11) is 1.42. The standard InChI is InChI=1S/C16H20N2O5/c1-10(2)6-12(16(20)21)18-15(19)9-23-13-5-4-11(8-17)7-14(13)22-3/h4-5,7,10,12H,6,9H2,1-3H3,(H,18,19)(H,20,21)/t12-/m1/s1. The van der Waals surface area contributed by atoms with Crippen molar-refractivity contribution < 1.29 is 24.2 Å². The molecule has 1 rings (SSSR count). The van der Waals surface area contributed by atoms with Crippen LogP contribution in [0.5, 0.6) is 11.5 Å². The Morgan fingerprint density at radius 1 is 1.35 bits per heavy atom. The molecule has 0 heterocycles. The highest BCUT2D eigenvalue weighted by Gasteiger charge is 2.21. The van der Waals surface area contributed by atoms with Crippen molar-refractivity contribution in [1.82, 2.24) is 5.32 Å². The maximum absolute atomic E-state index is 11.8. The van der Waals surface area contributed by atoms with Crippen molar-refractivity contribution in [3.63, 3.8) is 0 Å². The molecule has 0 aliphatic rings. The maximum Gasteiger partial charge on any atom is 0.326 e. The molecule has 7 nitrogen and oxygen atoms in total. The fraction of sp³-hybridized carbons (Fsp3) is 0.438. The zero-order valence-corrected chi connectivity index (χ0v) is 13.3. The van der Waals surface area contributed by atoms with E-state index in [4.69, 9.17) is 19.8 Å². The molecule has 0 saturated heterocycles.